The molecule has 0 radical (unpaired) electrons. The Morgan fingerprint density at radius 1 is 0.471 bits per heavy atom. The van der Waals surface area contributed by atoms with Crippen LogP contribution in [0.15, 0.2) is 111 Å². The van der Waals surface area contributed by atoms with E-state index in [1.807, 2.05) is 24.3 Å². The Labute approximate surface area is 201 Å². The monoisotopic (exact) mass is 434 g/mol. The minimum atomic E-state index is 1.06. The van der Waals surface area contributed by atoms with Crippen LogP contribution < -0.4 is 0 Å². The minimum absolute atomic E-state index is 1.06. The van der Waals surface area contributed by atoms with Crippen molar-refractivity contribution in [1.82, 2.24) is 0 Å². The highest BCUT2D eigenvalue weighted by Crippen LogP contribution is 2.45. The van der Waals surface area contributed by atoms with E-state index in [4.69, 9.17) is 0 Å². The molecule has 5 rings (SSSR count). The smallest absolute Gasteiger partial charge is 0.00204 e. The third kappa shape index (κ3) is 3.32. The highest BCUT2D eigenvalue weighted by atomic mass is 14.2. The van der Waals surface area contributed by atoms with Gasteiger partial charge in [0, 0.05) is 0 Å². The lowest BCUT2D eigenvalue weighted by Gasteiger charge is -2.22. The fraction of sp³-hybridized carbons (Fsp3) is 0. The molecule has 5 aromatic rings. The summed E-state index contributed by atoms with van der Waals surface area (Å²) in [5, 5.41) is 4.81. The molecule has 0 aliphatic heterocycles. The van der Waals surface area contributed by atoms with Crippen LogP contribution in [0.5, 0.6) is 0 Å². The van der Waals surface area contributed by atoms with Gasteiger partial charge >= 0.3 is 0 Å². The van der Waals surface area contributed by atoms with Crippen molar-refractivity contribution < 1.29 is 0 Å². The van der Waals surface area contributed by atoms with Crippen molar-refractivity contribution in [2.75, 3.05) is 0 Å². The summed E-state index contributed by atoms with van der Waals surface area (Å²) < 4.78 is 0. The molecular weight excluding hydrogens is 408 g/mol. The first-order chi connectivity index (χ1) is 16.7. The Kier molecular flexibility index (Phi) is 5.57. The summed E-state index contributed by atoms with van der Waals surface area (Å²) >= 11 is 0. The topological polar surface area (TPSA) is 0 Å². The largest absolute Gasteiger partial charge is 0.0984 e. The Balaban J connectivity index is 1.95. The molecule has 0 nitrogen and oxygen atoms in total. The van der Waals surface area contributed by atoms with Crippen LogP contribution in [0.3, 0.4) is 0 Å². The van der Waals surface area contributed by atoms with Gasteiger partial charge in [0.25, 0.3) is 0 Å². The van der Waals surface area contributed by atoms with Crippen LogP contribution in [-0.2, 0) is 0 Å². The predicted octanol–water partition coefficient (Wildman–Crippen LogP) is 9.90. The summed E-state index contributed by atoms with van der Waals surface area (Å²) in [7, 11) is 0. The second kappa shape index (κ2) is 8.84. The van der Waals surface area contributed by atoms with Crippen LogP contribution in [0.25, 0.3) is 68.1 Å². The first-order valence-electron chi connectivity index (χ1n) is 11.4. The molecule has 0 saturated heterocycles. The van der Waals surface area contributed by atoms with Crippen LogP contribution in [0, 0.1) is 0 Å². The molecular formula is C34H26. The van der Waals surface area contributed by atoms with Crippen molar-refractivity contribution >= 4 is 45.8 Å². The highest BCUT2D eigenvalue weighted by molar-refractivity contribution is 6.13. The van der Waals surface area contributed by atoms with E-state index >= 15 is 0 Å². The lowest BCUT2D eigenvalue weighted by molar-refractivity contribution is 1.56. The van der Waals surface area contributed by atoms with Gasteiger partial charge in [-0.3, -0.25) is 0 Å². The Morgan fingerprint density at radius 3 is 1.76 bits per heavy atom. The first-order valence-corrected chi connectivity index (χ1v) is 11.4. The average molecular weight is 435 g/mol. The van der Waals surface area contributed by atoms with Gasteiger partial charge in [-0.2, -0.15) is 0 Å². The van der Waals surface area contributed by atoms with Gasteiger partial charge in [0.1, 0.15) is 0 Å². The third-order valence-corrected chi connectivity index (χ3v) is 6.57. The van der Waals surface area contributed by atoms with E-state index in [0.29, 0.717) is 0 Å². The molecule has 162 valence electrons. The Bertz CT molecular complexity index is 1610. The second-order valence-corrected chi connectivity index (χ2v) is 8.31. The number of benzene rings is 5. The van der Waals surface area contributed by atoms with Crippen LogP contribution in [-0.4, -0.2) is 0 Å². The molecule has 34 heavy (non-hydrogen) atoms. The maximum absolute atomic E-state index is 4.22. The van der Waals surface area contributed by atoms with E-state index in [0.717, 1.165) is 33.4 Å². The van der Waals surface area contributed by atoms with Crippen molar-refractivity contribution in [3.05, 3.63) is 133 Å². The van der Waals surface area contributed by atoms with Gasteiger partial charge < -0.3 is 0 Å². The number of hydrogen-bond acceptors (Lipinski definition) is 0. The molecule has 0 amide bonds. The molecule has 0 N–H and O–H groups in total. The van der Waals surface area contributed by atoms with Crippen molar-refractivity contribution in [3.8, 4) is 22.3 Å². The van der Waals surface area contributed by atoms with E-state index in [1.54, 1.807) is 0 Å². The normalized spacial score (nSPS) is 10.8. The van der Waals surface area contributed by atoms with Crippen molar-refractivity contribution in [3.63, 3.8) is 0 Å². The molecule has 0 unspecified atom stereocenters. The lowest BCUT2D eigenvalue weighted by atomic mass is 9.81. The fourth-order valence-electron chi connectivity index (χ4n) is 5.06. The summed E-state index contributed by atoms with van der Waals surface area (Å²) in [5.41, 5.74) is 8.89. The predicted molar refractivity (Wildman–Crippen MR) is 153 cm³/mol. The van der Waals surface area contributed by atoms with Gasteiger partial charge in [-0.15, -0.1) is 0 Å². The zero-order chi connectivity index (χ0) is 23.7. The molecule has 0 aliphatic carbocycles. The van der Waals surface area contributed by atoms with Crippen LogP contribution in [0.1, 0.15) is 22.3 Å². The molecule has 0 spiro atoms. The van der Waals surface area contributed by atoms with E-state index in [2.05, 4.69) is 111 Å². The standard InChI is InChI=1S/C34H26/c1-5-23-16-13-19-30(27(23)6-2)34-29(8-4)28(7-3)33(31-17-11-12-18-32(31)34)26-21-20-24-14-9-10-15-25(24)22-26/h5-22H,1-4H2. The van der Waals surface area contributed by atoms with Crippen molar-refractivity contribution in [2.45, 2.75) is 0 Å². The maximum Gasteiger partial charge on any atom is -0.00204 e. The average Bonchev–Trinajstić information content (AvgIpc) is 2.90. The third-order valence-electron chi connectivity index (χ3n) is 6.57. The molecule has 0 heterocycles. The Morgan fingerprint density at radius 2 is 1.09 bits per heavy atom. The molecule has 0 atom stereocenters. The van der Waals surface area contributed by atoms with E-state index in [9.17, 15) is 0 Å². The van der Waals surface area contributed by atoms with Crippen molar-refractivity contribution in [1.29, 1.82) is 0 Å². The van der Waals surface area contributed by atoms with Crippen LogP contribution in [0.2, 0.25) is 0 Å². The molecule has 5 aromatic carbocycles. The Hall–Kier alpha value is -4.42. The summed E-state index contributed by atoms with van der Waals surface area (Å²) in [4.78, 5) is 0. The fourth-order valence-corrected chi connectivity index (χ4v) is 5.06. The number of fused-ring (bicyclic) bond motifs is 2. The molecule has 0 aromatic heterocycles. The van der Waals surface area contributed by atoms with Gasteiger partial charge in [0.05, 0.1) is 0 Å². The molecule has 0 saturated carbocycles. The zero-order valence-electron chi connectivity index (χ0n) is 19.2. The van der Waals surface area contributed by atoms with E-state index in [-0.39, 0.29) is 0 Å². The zero-order valence-corrected chi connectivity index (χ0v) is 19.2. The highest BCUT2D eigenvalue weighted by Gasteiger charge is 2.20. The summed E-state index contributed by atoms with van der Waals surface area (Å²) in [6.45, 7) is 16.6. The number of rotatable bonds is 6. The van der Waals surface area contributed by atoms with E-state index in [1.165, 1.54) is 32.7 Å². The SMILES string of the molecule is C=Cc1cccc(-c2c(C=C)c(C=C)c(-c3ccc4ccccc4c3)c3ccccc23)c1C=C. The van der Waals surface area contributed by atoms with Crippen molar-refractivity contribution in [2.24, 2.45) is 0 Å². The van der Waals surface area contributed by atoms with Gasteiger partial charge in [0.2, 0.25) is 0 Å². The quantitative estimate of drug-likeness (QED) is 0.249. The molecule has 0 aliphatic rings. The first kappa shape index (κ1) is 21.4. The van der Waals surface area contributed by atoms with Gasteiger partial charge in [0.15, 0.2) is 0 Å². The van der Waals surface area contributed by atoms with Crippen LogP contribution >= 0.6 is 0 Å². The van der Waals surface area contributed by atoms with Gasteiger partial charge in [-0.05, 0) is 72.1 Å². The summed E-state index contributed by atoms with van der Waals surface area (Å²) in [5.74, 6) is 0. The number of hydrogen-bond donors (Lipinski definition) is 0. The van der Waals surface area contributed by atoms with Gasteiger partial charge in [-0.25, -0.2) is 0 Å². The second-order valence-electron chi connectivity index (χ2n) is 8.31. The lowest BCUT2D eigenvalue weighted by Crippen LogP contribution is -1.98. The van der Waals surface area contributed by atoms with Gasteiger partial charge in [-0.1, -0.05) is 129 Å². The van der Waals surface area contributed by atoms with Crippen LogP contribution in [0.4, 0.5) is 0 Å². The summed E-state index contributed by atoms with van der Waals surface area (Å²) in [6.07, 6.45) is 7.71. The molecule has 0 heteroatoms. The summed E-state index contributed by atoms with van der Waals surface area (Å²) in [6, 6.07) is 30.0. The van der Waals surface area contributed by atoms with E-state index < -0.39 is 0 Å². The minimum Gasteiger partial charge on any atom is -0.0984 e. The molecule has 0 bridgehead atoms. The molecule has 0 fully saturated rings. The maximum atomic E-state index is 4.22.